The first kappa shape index (κ1) is 17.3. The van der Waals surface area contributed by atoms with Gasteiger partial charge in [0.05, 0.1) is 6.54 Å². The number of alkyl carbamates (subject to hydrolysis) is 1. The third-order valence-electron chi connectivity index (χ3n) is 3.06. The van der Waals surface area contributed by atoms with Gasteiger partial charge in [0.2, 0.25) is 5.91 Å². The Bertz CT molecular complexity index is 579. The van der Waals surface area contributed by atoms with E-state index in [9.17, 15) is 9.59 Å². The molecule has 1 heterocycles. The van der Waals surface area contributed by atoms with Crippen LogP contribution in [0.1, 0.15) is 12.5 Å². The van der Waals surface area contributed by atoms with Crippen molar-refractivity contribution in [2.45, 2.75) is 25.7 Å². The molecule has 0 fully saturated rings. The molecular weight excluding hydrogens is 366 g/mol. The van der Waals surface area contributed by atoms with Crippen LogP contribution in [-0.2, 0) is 21.0 Å². The van der Waals surface area contributed by atoms with Crippen LogP contribution >= 0.6 is 15.9 Å². The molecule has 0 aliphatic carbocycles. The fourth-order valence-corrected chi connectivity index (χ4v) is 2.21. The van der Waals surface area contributed by atoms with Gasteiger partial charge in [-0.15, -0.1) is 0 Å². The lowest BCUT2D eigenvalue weighted by molar-refractivity contribution is -0.123. The number of hydrogen-bond acceptors (Lipinski definition) is 5. The molecule has 1 aliphatic rings. The molecule has 23 heavy (non-hydrogen) atoms. The first-order valence-electron chi connectivity index (χ1n) is 7.08. The summed E-state index contributed by atoms with van der Waals surface area (Å²) in [6.07, 6.45) is 0.885. The van der Waals surface area contributed by atoms with Gasteiger partial charge in [0, 0.05) is 0 Å². The Morgan fingerprint density at radius 1 is 1.39 bits per heavy atom. The molecule has 7 nitrogen and oxygen atoms in total. The number of hydroxylamine groups is 1. The fourth-order valence-electron chi connectivity index (χ4n) is 1.83. The maximum atomic E-state index is 11.9. The molecule has 124 valence electrons. The highest BCUT2D eigenvalue weighted by molar-refractivity contribution is 9.11. The molecule has 2 unspecified atom stereocenters. The number of nitrogens with one attached hydrogen (secondary N) is 3. The Labute approximate surface area is 142 Å². The normalized spacial score (nSPS) is 17.7. The van der Waals surface area contributed by atoms with Crippen molar-refractivity contribution >= 4 is 27.9 Å². The summed E-state index contributed by atoms with van der Waals surface area (Å²) in [7, 11) is 0. The highest BCUT2D eigenvalue weighted by Crippen LogP contribution is 2.10. The molecule has 2 rings (SSSR count). The van der Waals surface area contributed by atoms with Gasteiger partial charge in [-0.05, 0) is 34.5 Å². The van der Waals surface area contributed by atoms with Crippen molar-refractivity contribution in [3.63, 3.8) is 0 Å². The Morgan fingerprint density at radius 2 is 2.13 bits per heavy atom. The monoisotopic (exact) mass is 383 g/mol. The molecule has 0 saturated heterocycles. The Kier molecular flexibility index (Phi) is 6.42. The zero-order chi connectivity index (χ0) is 16.7. The van der Waals surface area contributed by atoms with Crippen molar-refractivity contribution in [2.75, 3.05) is 6.54 Å². The minimum atomic E-state index is -0.708. The number of benzene rings is 1. The highest BCUT2D eigenvalue weighted by atomic mass is 79.9. The number of hydrogen-bond donors (Lipinski definition) is 3. The Hall–Kier alpha value is -2.06. The molecule has 0 spiro atoms. The van der Waals surface area contributed by atoms with Gasteiger partial charge in [-0.2, -0.15) is 0 Å². The maximum absolute atomic E-state index is 11.9. The van der Waals surface area contributed by atoms with Crippen LogP contribution in [0.2, 0.25) is 0 Å². The molecule has 1 aromatic carbocycles. The van der Waals surface area contributed by atoms with Crippen molar-refractivity contribution in [3.05, 3.63) is 46.6 Å². The molecule has 0 saturated carbocycles. The topological polar surface area (TPSA) is 88.7 Å². The average molecular weight is 384 g/mol. The number of carbonyl (C=O) groups excluding carboxylic acids is 2. The van der Waals surface area contributed by atoms with Crippen LogP contribution in [0.3, 0.4) is 0 Å². The van der Waals surface area contributed by atoms with E-state index in [2.05, 4.69) is 32.0 Å². The van der Waals surface area contributed by atoms with Gasteiger partial charge in [-0.25, -0.2) is 4.79 Å². The van der Waals surface area contributed by atoms with Gasteiger partial charge in [-0.1, -0.05) is 30.3 Å². The van der Waals surface area contributed by atoms with E-state index in [0.29, 0.717) is 11.2 Å². The number of rotatable bonds is 6. The van der Waals surface area contributed by atoms with Crippen molar-refractivity contribution in [3.8, 4) is 0 Å². The van der Waals surface area contributed by atoms with Crippen LogP contribution in [0.4, 0.5) is 4.79 Å². The van der Waals surface area contributed by atoms with Gasteiger partial charge < -0.3 is 15.4 Å². The molecular formula is C15H18BrN3O4. The van der Waals surface area contributed by atoms with E-state index in [-0.39, 0.29) is 18.6 Å². The smallest absolute Gasteiger partial charge is 0.408 e. The summed E-state index contributed by atoms with van der Waals surface area (Å²) in [6.45, 7) is 2.03. The third kappa shape index (κ3) is 5.91. The molecule has 1 aliphatic heterocycles. The van der Waals surface area contributed by atoms with Crippen LogP contribution in [0.15, 0.2) is 41.0 Å². The second-order valence-corrected chi connectivity index (χ2v) is 5.80. The van der Waals surface area contributed by atoms with E-state index < -0.39 is 12.1 Å². The summed E-state index contributed by atoms with van der Waals surface area (Å²) in [4.78, 5) is 28.7. The van der Waals surface area contributed by atoms with Crippen LogP contribution < -0.4 is 16.1 Å². The first-order valence-corrected chi connectivity index (χ1v) is 7.88. The summed E-state index contributed by atoms with van der Waals surface area (Å²) < 4.78 is 5.78. The summed E-state index contributed by atoms with van der Waals surface area (Å²) in [6, 6.07) is 8.60. The molecule has 8 heteroatoms. The second-order valence-electron chi connectivity index (χ2n) is 4.95. The van der Waals surface area contributed by atoms with E-state index in [4.69, 9.17) is 9.57 Å². The molecule has 0 aromatic heterocycles. The summed E-state index contributed by atoms with van der Waals surface area (Å²) in [5.41, 5.74) is 3.50. The molecule has 0 radical (unpaired) electrons. The lowest BCUT2D eigenvalue weighted by Gasteiger charge is -2.15. The maximum Gasteiger partial charge on any atom is 0.408 e. The van der Waals surface area contributed by atoms with Crippen LogP contribution in [0.25, 0.3) is 0 Å². The number of amides is 2. The average Bonchev–Trinajstić information content (AvgIpc) is 2.97. The Balaban J connectivity index is 1.67. The summed E-state index contributed by atoms with van der Waals surface area (Å²) in [5.74, 6) is -0.318. The fraction of sp³-hybridized carbons (Fsp3) is 0.333. The van der Waals surface area contributed by atoms with Crippen LogP contribution in [0, 0.1) is 0 Å². The van der Waals surface area contributed by atoms with Crippen molar-refractivity contribution < 1.29 is 19.2 Å². The van der Waals surface area contributed by atoms with Crippen LogP contribution in [-0.4, -0.2) is 30.7 Å². The van der Waals surface area contributed by atoms with Gasteiger partial charge in [0.1, 0.15) is 23.4 Å². The van der Waals surface area contributed by atoms with Crippen LogP contribution in [0.5, 0.6) is 0 Å². The molecule has 0 bridgehead atoms. The molecule has 2 atom stereocenters. The van der Waals surface area contributed by atoms with Gasteiger partial charge in [0.15, 0.2) is 0 Å². The van der Waals surface area contributed by atoms with Crippen molar-refractivity contribution in [2.24, 2.45) is 0 Å². The Morgan fingerprint density at radius 3 is 2.78 bits per heavy atom. The minimum absolute atomic E-state index is 0.154. The minimum Gasteiger partial charge on any atom is -0.445 e. The quantitative estimate of drug-likeness (QED) is 0.648. The predicted octanol–water partition coefficient (Wildman–Crippen LogP) is 1.56. The van der Waals surface area contributed by atoms with Gasteiger partial charge in [-0.3, -0.25) is 15.1 Å². The predicted molar refractivity (Wildman–Crippen MR) is 87.3 cm³/mol. The van der Waals surface area contributed by atoms with Gasteiger partial charge >= 0.3 is 6.09 Å². The first-order chi connectivity index (χ1) is 11.0. The third-order valence-corrected chi connectivity index (χ3v) is 3.48. The van der Waals surface area contributed by atoms with Crippen molar-refractivity contribution in [1.82, 2.24) is 16.1 Å². The zero-order valence-corrected chi connectivity index (χ0v) is 14.1. The molecule has 2 amide bonds. The lowest BCUT2D eigenvalue weighted by Crippen LogP contribution is -2.46. The molecule has 3 N–H and O–H groups in total. The lowest BCUT2D eigenvalue weighted by atomic mass is 10.2. The van der Waals surface area contributed by atoms with E-state index in [0.717, 1.165) is 5.56 Å². The summed E-state index contributed by atoms with van der Waals surface area (Å²) in [5, 5.41) is 5.16. The van der Waals surface area contributed by atoms with Crippen molar-refractivity contribution in [1.29, 1.82) is 0 Å². The van der Waals surface area contributed by atoms with E-state index in [1.165, 1.54) is 0 Å². The van der Waals surface area contributed by atoms with E-state index in [1.807, 2.05) is 30.3 Å². The number of carbonyl (C=O) groups is 2. The van der Waals surface area contributed by atoms with E-state index in [1.54, 1.807) is 13.0 Å². The number of halogens is 1. The largest absolute Gasteiger partial charge is 0.445 e. The highest BCUT2D eigenvalue weighted by Gasteiger charge is 2.19. The summed E-state index contributed by atoms with van der Waals surface area (Å²) >= 11 is 3.22. The standard InChI is InChI=1S/C15H18BrN3O4/c1-10(14(20)17-8-12-7-13(16)19-23-12)18-15(21)22-9-11-5-3-2-4-6-11/h2-7,10,12,19H,8-9H2,1H3,(H,17,20)(H,18,21). The molecule has 1 aromatic rings. The SMILES string of the molecule is CC(NC(=O)OCc1ccccc1)C(=O)NCC1C=C(Br)NO1. The zero-order valence-electron chi connectivity index (χ0n) is 12.5. The number of ether oxygens (including phenoxy) is 1. The van der Waals surface area contributed by atoms with Gasteiger partial charge in [0.25, 0.3) is 0 Å². The van der Waals surface area contributed by atoms with E-state index >= 15 is 0 Å². The second kappa shape index (κ2) is 8.54.